The molecule has 2 aromatic rings. The molecule has 6 heteroatoms. The summed E-state index contributed by atoms with van der Waals surface area (Å²) in [5.41, 5.74) is 4.82. The van der Waals surface area contributed by atoms with E-state index in [1.807, 2.05) is 43.7 Å². The van der Waals surface area contributed by atoms with E-state index in [1.165, 1.54) is 25.9 Å². The first-order valence-corrected chi connectivity index (χ1v) is 11.0. The van der Waals surface area contributed by atoms with Gasteiger partial charge in [0.1, 0.15) is 0 Å². The van der Waals surface area contributed by atoms with E-state index >= 15 is 0 Å². The van der Waals surface area contributed by atoms with Crippen molar-refractivity contribution in [1.82, 2.24) is 20.0 Å². The molecule has 1 aliphatic rings. The van der Waals surface area contributed by atoms with Crippen LogP contribution < -0.4 is 5.32 Å². The molecule has 0 radical (unpaired) electrons. The van der Waals surface area contributed by atoms with Crippen LogP contribution in [0.15, 0.2) is 18.2 Å². The largest absolute Gasteiger partial charge is 0.356 e. The molecular formula is C23H33ClN4O. The Balaban J connectivity index is 1.52. The van der Waals surface area contributed by atoms with Crippen molar-refractivity contribution >= 4 is 17.5 Å². The molecule has 1 amide bonds. The van der Waals surface area contributed by atoms with E-state index in [2.05, 4.69) is 22.2 Å². The van der Waals surface area contributed by atoms with Crippen molar-refractivity contribution in [3.8, 4) is 5.69 Å². The highest BCUT2D eigenvalue weighted by Gasteiger charge is 2.17. The van der Waals surface area contributed by atoms with Crippen LogP contribution in [-0.4, -0.2) is 46.8 Å². The van der Waals surface area contributed by atoms with Crippen LogP contribution in [0.3, 0.4) is 0 Å². The molecule has 2 heterocycles. The molecule has 0 bridgehead atoms. The minimum Gasteiger partial charge on any atom is -0.356 e. The lowest BCUT2D eigenvalue weighted by molar-refractivity contribution is -0.120. The van der Waals surface area contributed by atoms with Gasteiger partial charge < -0.3 is 10.2 Å². The first-order chi connectivity index (χ1) is 13.8. The van der Waals surface area contributed by atoms with E-state index in [4.69, 9.17) is 11.6 Å². The molecule has 1 aromatic heterocycles. The van der Waals surface area contributed by atoms with Crippen LogP contribution in [0.4, 0.5) is 0 Å². The summed E-state index contributed by atoms with van der Waals surface area (Å²) in [4.78, 5) is 15.0. The number of hydrogen-bond donors (Lipinski definition) is 1. The fourth-order valence-corrected chi connectivity index (χ4v) is 4.11. The number of aromatic nitrogens is 2. The summed E-state index contributed by atoms with van der Waals surface area (Å²) in [6.07, 6.45) is 3.94. The molecule has 0 atom stereocenters. The van der Waals surface area contributed by atoms with Crippen molar-refractivity contribution in [2.24, 2.45) is 5.92 Å². The van der Waals surface area contributed by atoms with Gasteiger partial charge in [-0.25, -0.2) is 4.68 Å². The molecule has 0 unspecified atom stereocenters. The fourth-order valence-electron chi connectivity index (χ4n) is 3.93. The highest BCUT2D eigenvalue weighted by atomic mass is 35.5. The Bertz CT molecular complexity index is 853. The summed E-state index contributed by atoms with van der Waals surface area (Å²) in [6.45, 7) is 12.5. The zero-order valence-corrected chi connectivity index (χ0v) is 18.9. The number of hydrogen-bond acceptors (Lipinski definition) is 3. The Labute approximate surface area is 179 Å². The van der Waals surface area contributed by atoms with Gasteiger partial charge in [-0.1, -0.05) is 24.6 Å². The van der Waals surface area contributed by atoms with Crippen molar-refractivity contribution in [3.05, 3.63) is 45.7 Å². The third kappa shape index (κ3) is 5.61. The standard InChI is InChI=1S/C23H33ClN4O/c1-16-8-12-27(13-9-16)11-5-10-25-23(29)15-21-18(3)26-28(19(21)4)20-7-6-17(2)22(24)14-20/h6-7,14,16H,5,8-13,15H2,1-4H3,(H,25,29). The molecule has 1 saturated heterocycles. The van der Waals surface area contributed by atoms with Crippen LogP contribution in [-0.2, 0) is 11.2 Å². The molecule has 3 rings (SSSR count). The highest BCUT2D eigenvalue weighted by molar-refractivity contribution is 6.31. The summed E-state index contributed by atoms with van der Waals surface area (Å²) >= 11 is 6.27. The van der Waals surface area contributed by atoms with Gasteiger partial charge >= 0.3 is 0 Å². The Morgan fingerprint density at radius 2 is 1.97 bits per heavy atom. The van der Waals surface area contributed by atoms with Crippen LogP contribution in [0.2, 0.25) is 5.02 Å². The van der Waals surface area contributed by atoms with Gasteiger partial charge in [0.15, 0.2) is 0 Å². The van der Waals surface area contributed by atoms with E-state index in [0.29, 0.717) is 6.42 Å². The van der Waals surface area contributed by atoms with Crippen LogP contribution in [0.25, 0.3) is 5.69 Å². The van der Waals surface area contributed by atoms with E-state index in [0.717, 1.165) is 58.7 Å². The number of likely N-dealkylation sites (tertiary alicyclic amines) is 1. The molecule has 1 fully saturated rings. The van der Waals surface area contributed by atoms with Crippen LogP contribution in [0.1, 0.15) is 48.7 Å². The zero-order chi connectivity index (χ0) is 21.0. The van der Waals surface area contributed by atoms with Gasteiger partial charge in [0.2, 0.25) is 5.91 Å². The molecule has 1 aromatic carbocycles. The average molecular weight is 417 g/mol. The van der Waals surface area contributed by atoms with E-state index < -0.39 is 0 Å². The topological polar surface area (TPSA) is 50.2 Å². The number of carbonyl (C=O) groups excluding carboxylic acids is 1. The molecule has 29 heavy (non-hydrogen) atoms. The van der Waals surface area contributed by atoms with Gasteiger partial charge in [0.05, 0.1) is 17.8 Å². The maximum absolute atomic E-state index is 12.5. The third-order valence-electron chi connectivity index (χ3n) is 6.03. The zero-order valence-electron chi connectivity index (χ0n) is 18.1. The summed E-state index contributed by atoms with van der Waals surface area (Å²) in [5, 5.41) is 8.44. The van der Waals surface area contributed by atoms with Crippen molar-refractivity contribution < 1.29 is 4.79 Å². The quantitative estimate of drug-likeness (QED) is 0.687. The maximum Gasteiger partial charge on any atom is 0.224 e. The van der Waals surface area contributed by atoms with Crippen molar-refractivity contribution in [1.29, 1.82) is 0 Å². The summed E-state index contributed by atoms with van der Waals surface area (Å²) in [6, 6.07) is 5.91. The molecule has 0 aliphatic carbocycles. The second kappa shape index (κ2) is 9.77. The number of halogens is 1. The molecular weight excluding hydrogens is 384 g/mol. The normalized spacial score (nSPS) is 15.6. The Hall–Kier alpha value is -1.85. The van der Waals surface area contributed by atoms with Gasteiger partial charge in [-0.2, -0.15) is 5.10 Å². The Kier molecular flexibility index (Phi) is 7.36. The number of amides is 1. The Morgan fingerprint density at radius 1 is 1.24 bits per heavy atom. The van der Waals surface area contributed by atoms with Crippen molar-refractivity contribution in [2.75, 3.05) is 26.2 Å². The number of benzene rings is 1. The molecule has 1 aliphatic heterocycles. The summed E-state index contributed by atoms with van der Waals surface area (Å²) < 4.78 is 1.88. The van der Waals surface area contributed by atoms with Gasteiger partial charge in [0.25, 0.3) is 0 Å². The first kappa shape index (κ1) is 21.8. The number of nitrogens with one attached hydrogen (secondary N) is 1. The van der Waals surface area contributed by atoms with Gasteiger partial charge in [0, 0.05) is 22.8 Å². The minimum absolute atomic E-state index is 0.0601. The lowest BCUT2D eigenvalue weighted by Gasteiger charge is -2.30. The second-order valence-corrected chi connectivity index (χ2v) is 8.81. The number of rotatable bonds is 7. The third-order valence-corrected chi connectivity index (χ3v) is 6.44. The molecule has 1 N–H and O–H groups in total. The predicted octanol–water partition coefficient (Wildman–Crippen LogP) is 4.23. The summed E-state index contributed by atoms with van der Waals surface area (Å²) in [7, 11) is 0. The number of aryl methyl sites for hydroxylation is 2. The monoisotopic (exact) mass is 416 g/mol. The molecule has 0 saturated carbocycles. The second-order valence-electron chi connectivity index (χ2n) is 8.40. The SMILES string of the molecule is Cc1ccc(-n2nc(C)c(CC(=O)NCCCN3CCC(C)CC3)c2C)cc1Cl. The van der Waals surface area contributed by atoms with Gasteiger partial charge in [-0.15, -0.1) is 0 Å². The van der Waals surface area contributed by atoms with Crippen LogP contribution >= 0.6 is 11.6 Å². The molecule has 158 valence electrons. The smallest absolute Gasteiger partial charge is 0.224 e. The van der Waals surface area contributed by atoms with Crippen LogP contribution in [0.5, 0.6) is 0 Å². The maximum atomic E-state index is 12.5. The molecule has 5 nitrogen and oxygen atoms in total. The van der Waals surface area contributed by atoms with Crippen molar-refractivity contribution in [3.63, 3.8) is 0 Å². The van der Waals surface area contributed by atoms with E-state index in [1.54, 1.807) is 0 Å². The lowest BCUT2D eigenvalue weighted by Crippen LogP contribution is -2.35. The number of carbonyl (C=O) groups is 1. The Morgan fingerprint density at radius 3 is 2.66 bits per heavy atom. The van der Waals surface area contributed by atoms with E-state index in [-0.39, 0.29) is 5.91 Å². The number of nitrogens with zero attached hydrogens (tertiary/aromatic N) is 3. The fraction of sp³-hybridized carbons (Fsp3) is 0.565. The highest BCUT2D eigenvalue weighted by Crippen LogP contribution is 2.23. The molecule has 0 spiro atoms. The summed E-state index contributed by atoms with van der Waals surface area (Å²) in [5.74, 6) is 0.916. The van der Waals surface area contributed by atoms with Crippen molar-refractivity contribution in [2.45, 2.75) is 53.4 Å². The average Bonchev–Trinajstić information content (AvgIpc) is 2.97. The first-order valence-electron chi connectivity index (χ1n) is 10.7. The number of piperidine rings is 1. The van der Waals surface area contributed by atoms with Crippen LogP contribution in [0, 0.1) is 26.7 Å². The lowest BCUT2D eigenvalue weighted by atomic mass is 9.99. The van der Waals surface area contributed by atoms with Gasteiger partial charge in [-0.3, -0.25) is 4.79 Å². The minimum atomic E-state index is 0.0601. The predicted molar refractivity (Wildman–Crippen MR) is 119 cm³/mol. The van der Waals surface area contributed by atoms with Gasteiger partial charge in [-0.05, 0) is 83.3 Å². The van der Waals surface area contributed by atoms with E-state index in [9.17, 15) is 4.79 Å².